The second-order valence-electron chi connectivity index (χ2n) is 6.35. The van der Waals surface area contributed by atoms with Crippen LogP contribution < -0.4 is 9.75 Å². The highest BCUT2D eigenvalue weighted by molar-refractivity contribution is 8.14. The Labute approximate surface area is 172 Å². The summed E-state index contributed by atoms with van der Waals surface area (Å²) in [5.41, 5.74) is 1.56. The van der Waals surface area contributed by atoms with E-state index in [1.807, 2.05) is 54.6 Å². The number of hydrazone groups is 1. The van der Waals surface area contributed by atoms with E-state index in [9.17, 15) is 9.59 Å². The maximum atomic E-state index is 12.5. The van der Waals surface area contributed by atoms with Gasteiger partial charge in [0.05, 0.1) is 7.11 Å². The molecule has 1 aromatic heterocycles. The van der Waals surface area contributed by atoms with Crippen LogP contribution in [0.1, 0.15) is 24.2 Å². The first kappa shape index (κ1) is 18.9. The minimum absolute atomic E-state index is 0.194. The standard InChI is InChI=1S/C21H18N4O3S/c1-13(26)24-18(15-8-5-4-6-9-15)22-19-21(24)29-20(23-25(19)14(2)27)16-10-7-11-17(12-16)28-3/h4-12H,1-3H3. The molecule has 1 aliphatic heterocycles. The normalized spacial score (nSPS) is 12.9. The average molecular weight is 406 g/mol. The molecule has 0 radical (unpaired) electrons. The Hall–Kier alpha value is -3.39. The van der Waals surface area contributed by atoms with Gasteiger partial charge in [0.15, 0.2) is 5.82 Å². The van der Waals surface area contributed by atoms with Crippen molar-refractivity contribution in [3.63, 3.8) is 0 Å². The molecule has 0 bridgehead atoms. The molecule has 1 aliphatic rings. The monoisotopic (exact) mass is 406 g/mol. The highest BCUT2D eigenvalue weighted by Crippen LogP contribution is 2.40. The zero-order valence-corrected chi connectivity index (χ0v) is 16.9. The molecule has 0 fully saturated rings. The van der Waals surface area contributed by atoms with Crippen LogP contribution >= 0.6 is 11.8 Å². The van der Waals surface area contributed by atoms with E-state index in [1.165, 1.54) is 35.2 Å². The second-order valence-corrected chi connectivity index (χ2v) is 7.33. The Balaban J connectivity index is 1.89. The third-order valence-corrected chi connectivity index (χ3v) is 5.43. The van der Waals surface area contributed by atoms with Crippen molar-refractivity contribution in [2.75, 3.05) is 12.1 Å². The summed E-state index contributed by atoms with van der Waals surface area (Å²) in [6.45, 7) is 2.89. The number of amides is 1. The summed E-state index contributed by atoms with van der Waals surface area (Å²) >= 11 is 1.30. The van der Waals surface area contributed by atoms with Crippen molar-refractivity contribution in [2.45, 2.75) is 18.9 Å². The lowest BCUT2D eigenvalue weighted by molar-refractivity contribution is -0.116. The number of nitrogens with zero attached hydrogens (tertiary/aromatic N) is 4. The number of anilines is 1. The van der Waals surface area contributed by atoms with E-state index >= 15 is 0 Å². The van der Waals surface area contributed by atoms with E-state index < -0.39 is 0 Å². The van der Waals surface area contributed by atoms with Gasteiger partial charge in [-0.3, -0.25) is 14.2 Å². The Morgan fingerprint density at radius 1 is 0.966 bits per heavy atom. The number of ether oxygens (including phenoxy) is 1. The van der Waals surface area contributed by atoms with Crippen molar-refractivity contribution in [1.82, 2.24) is 9.55 Å². The zero-order chi connectivity index (χ0) is 20.5. The fraction of sp³-hybridized carbons (Fsp3) is 0.143. The maximum Gasteiger partial charge on any atom is 0.245 e. The molecule has 0 N–H and O–H groups in total. The molecular formula is C21H18N4O3S. The van der Waals surface area contributed by atoms with Crippen LogP contribution in [0.4, 0.5) is 5.82 Å². The number of aromatic nitrogens is 2. The molecule has 0 atom stereocenters. The summed E-state index contributed by atoms with van der Waals surface area (Å²) in [7, 11) is 1.59. The summed E-state index contributed by atoms with van der Waals surface area (Å²) in [5.74, 6) is 1.02. The molecule has 146 valence electrons. The van der Waals surface area contributed by atoms with Gasteiger partial charge in [0.1, 0.15) is 21.6 Å². The van der Waals surface area contributed by atoms with Crippen LogP contribution in [0.3, 0.4) is 0 Å². The van der Waals surface area contributed by atoms with Gasteiger partial charge in [-0.25, -0.2) is 4.98 Å². The first-order valence-electron chi connectivity index (χ1n) is 8.90. The molecule has 0 aliphatic carbocycles. The maximum absolute atomic E-state index is 12.5. The number of methoxy groups -OCH3 is 1. The summed E-state index contributed by atoms with van der Waals surface area (Å²) < 4.78 is 6.82. The summed E-state index contributed by atoms with van der Waals surface area (Å²) in [6.07, 6.45) is 0. The van der Waals surface area contributed by atoms with Crippen molar-refractivity contribution in [3.8, 4) is 17.1 Å². The van der Waals surface area contributed by atoms with Crippen LogP contribution in [0, 0.1) is 0 Å². The summed E-state index contributed by atoms with van der Waals surface area (Å²) in [5, 5.41) is 6.87. The number of hydrogen-bond donors (Lipinski definition) is 0. The van der Waals surface area contributed by atoms with E-state index in [0.717, 1.165) is 11.1 Å². The van der Waals surface area contributed by atoms with E-state index in [1.54, 1.807) is 7.11 Å². The molecule has 0 spiro atoms. The highest BCUT2D eigenvalue weighted by Gasteiger charge is 2.32. The number of imidazole rings is 1. The van der Waals surface area contributed by atoms with Crippen molar-refractivity contribution >= 4 is 34.4 Å². The van der Waals surface area contributed by atoms with Crippen LogP contribution in [-0.2, 0) is 4.79 Å². The van der Waals surface area contributed by atoms with Crippen LogP contribution in [0.5, 0.6) is 5.75 Å². The number of rotatable bonds is 3. The Bertz CT molecular complexity index is 1140. The van der Waals surface area contributed by atoms with Gasteiger partial charge in [0, 0.05) is 25.0 Å². The summed E-state index contributed by atoms with van der Waals surface area (Å²) in [4.78, 5) is 29.5. The quantitative estimate of drug-likeness (QED) is 0.656. The van der Waals surface area contributed by atoms with Crippen LogP contribution in [0.25, 0.3) is 11.4 Å². The van der Waals surface area contributed by atoms with Gasteiger partial charge in [-0.2, -0.15) is 10.1 Å². The first-order valence-corrected chi connectivity index (χ1v) is 9.72. The molecule has 0 saturated carbocycles. The van der Waals surface area contributed by atoms with Gasteiger partial charge in [-0.05, 0) is 23.9 Å². The number of benzene rings is 2. The average Bonchev–Trinajstić information content (AvgIpc) is 3.13. The zero-order valence-electron chi connectivity index (χ0n) is 16.1. The van der Waals surface area contributed by atoms with Gasteiger partial charge in [-0.1, -0.05) is 42.5 Å². The molecule has 7 nitrogen and oxygen atoms in total. The molecule has 2 aromatic carbocycles. The fourth-order valence-electron chi connectivity index (χ4n) is 3.04. The van der Waals surface area contributed by atoms with Crippen LogP contribution in [-0.4, -0.2) is 33.5 Å². The molecule has 0 unspecified atom stereocenters. The largest absolute Gasteiger partial charge is 0.497 e. The molecule has 29 heavy (non-hydrogen) atoms. The summed E-state index contributed by atoms with van der Waals surface area (Å²) in [6, 6.07) is 16.8. The lowest BCUT2D eigenvalue weighted by Crippen LogP contribution is -2.28. The van der Waals surface area contributed by atoms with Gasteiger partial charge in [0.2, 0.25) is 11.8 Å². The molecule has 0 saturated heterocycles. The van der Waals surface area contributed by atoms with Crippen LogP contribution in [0.15, 0.2) is 64.7 Å². The molecule has 4 rings (SSSR count). The van der Waals surface area contributed by atoms with E-state index in [0.29, 0.717) is 27.5 Å². The van der Waals surface area contributed by atoms with E-state index in [-0.39, 0.29) is 11.8 Å². The number of carbonyl (C=O) groups is 2. The predicted molar refractivity (Wildman–Crippen MR) is 113 cm³/mol. The fourth-order valence-corrected chi connectivity index (χ4v) is 4.12. The molecule has 3 aromatic rings. The molecule has 1 amide bonds. The van der Waals surface area contributed by atoms with Crippen molar-refractivity contribution in [2.24, 2.45) is 5.10 Å². The molecular weight excluding hydrogens is 388 g/mol. The topological polar surface area (TPSA) is 76.8 Å². The lowest BCUT2D eigenvalue weighted by atomic mass is 10.2. The van der Waals surface area contributed by atoms with Gasteiger partial charge in [0.25, 0.3) is 0 Å². The third kappa shape index (κ3) is 3.42. The Kier molecular flexibility index (Phi) is 4.94. The van der Waals surface area contributed by atoms with Gasteiger partial charge < -0.3 is 4.74 Å². The number of thioether (sulfide) groups is 1. The number of hydrogen-bond acceptors (Lipinski definition) is 6. The first-order chi connectivity index (χ1) is 14.0. The van der Waals surface area contributed by atoms with Gasteiger partial charge in [-0.15, -0.1) is 0 Å². The van der Waals surface area contributed by atoms with Crippen molar-refractivity contribution in [1.29, 1.82) is 0 Å². The Morgan fingerprint density at radius 2 is 1.69 bits per heavy atom. The van der Waals surface area contributed by atoms with E-state index in [4.69, 9.17) is 4.74 Å². The second kappa shape index (κ2) is 7.56. The van der Waals surface area contributed by atoms with Crippen molar-refractivity contribution < 1.29 is 14.3 Å². The number of carbonyl (C=O) groups excluding carboxylic acids is 2. The molecule has 8 heteroatoms. The van der Waals surface area contributed by atoms with Crippen LogP contribution in [0.2, 0.25) is 0 Å². The lowest BCUT2D eigenvalue weighted by Gasteiger charge is -2.21. The number of fused-ring (bicyclic) bond motifs is 1. The minimum Gasteiger partial charge on any atom is -0.497 e. The van der Waals surface area contributed by atoms with Gasteiger partial charge >= 0.3 is 0 Å². The SMILES string of the molecule is COc1cccc(C2=NN(C(C)=O)c3nc(-c4ccccc4)n(C(C)=O)c3S2)c1. The smallest absolute Gasteiger partial charge is 0.245 e. The van der Waals surface area contributed by atoms with E-state index in [2.05, 4.69) is 10.1 Å². The third-order valence-electron chi connectivity index (χ3n) is 4.36. The predicted octanol–water partition coefficient (Wildman–Crippen LogP) is 4.04. The Morgan fingerprint density at radius 3 is 2.34 bits per heavy atom. The van der Waals surface area contributed by atoms with Crippen molar-refractivity contribution in [3.05, 3.63) is 60.2 Å². The molecule has 2 heterocycles. The highest BCUT2D eigenvalue weighted by atomic mass is 32.2. The minimum atomic E-state index is -0.292.